The lowest BCUT2D eigenvalue weighted by Crippen LogP contribution is -2.44. The predicted molar refractivity (Wildman–Crippen MR) is 105 cm³/mol. The van der Waals surface area contributed by atoms with Crippen LogP contribution in [0.4, 0.5) is 0 Å². The lowest BCUT2D eigenvalue weighted by Gasteiger charge is -2.30. The molecule has 2 aliphatic rings. The maximum atomic E-state index is 12.7. The predicted octanol–water partition coefficient (Wildman–Crippen LogP) is 2.83. The van der Waals surface area contributed by atoms with Gasteiger partial charge in [0.1, 0.15) is 0 Å². The molecule has 1 aromatic rings. The number of carbonyl (C=O) groups is 1. The summed E-state index contributed by atoms with van der Waals surface area (Å²) in [5.41, 5.74) is 0.598. The minimum atomic E-state index is -3.46. The highest BCUT2D eigenvalue weighted by molar-refractivity contribution is 7.88. The maximum absolute atomic E-state index is 12.7. The van der Waals surface area contributed by atoms with Gasteiger partial charge in [0, 0.05) is 32.2 Å². The summed E-state index contributed by atoms with van der Waals surface area (Å²) in [4.78, 5) is 12.3. The number of rotatable bonds is 6. The Hall–Kier alpha value is -0.860. The van der Waals surface area contributed by atoms with Crippen LogP contribution in [-0.4, -0.2) is 51.0 Å². The molecule has 0 aliphatic carbocycles. The van der Waals surface area contributed by atoms with Crippen LogP contribution in [0.1, 0.15) is 31.2 Å². The first-order valence-electron chi connectivity index (χ1n) is 9.16. The molecule has 2 heterocycles. The van der Waals surface area contributed by atoms with Crippen molar-refractivity contribution in [2.24, 2.45) is 5.92 Å². The topological polar surface area (TPSA) is 75.7 Å². The number of piperidine rings is 1. The van der Waals surface area contributed by atoms with E-state index in [4.69, 9.17) is 27.9 Å². The lowest BCUT2D eigenvalue weighted by atomic mass is 9.97. The number of nitrogens with zero attached hydrogens (tertiary/aromatic N) is 1. The van der Waals surface area contributed by atoms with Gasteiger partial charge in [-0.25, -0.2) is 12.7 Å². The Morgan fingerprint density at radius 1 is 1.19 bits per heavy atom. The molecule has 1 atom stereocenters. The largest absolute Gasteiger partial charge is 0.376 e. The molecule has 6 nitrogen and oxygen atoms in total. The van der Waals surface area contributed by atoms with Crippen molar-refractivity contribution < 1.29 is 17.9 Å². The van der Waals surface area contributed by atoms with Crippen LogP contribution in [0.3, 0.4) is 0 Å². The number of halogens is 2. The summed E-state index contributed by atoms with van der Waals surface area (Å²) in [7, 11) is -3.46. The fourth-order valence-electron chi connectivity index (χ4n) is 3.49. The smallest absolute Gasteiger partial charge is 0.223 e. The van der Waals surface area contributed by atoms with Crippen LogP contribution in [0.2, 0.25) is 10.0 Å². The van der Waals surface area contributed by atoms with E-state index in [2.05, 4.69) is 5.32 Å². The second-order valence-corrected chi connectivity index (χ2v) is 9.84. The Kier molecular flexibility index (Phi) is 7.03. The molecule has 0 bridgehead atoms. The van der Waals surface area contributed by atoms with Gasteiger partial charge >= 0.3 is 0 Å². The van der Waals surface area contributed by atoms with Gasteiger partial charge in [-0.05, 0) is 43.4 Å². The maximum Gasteiger partial charge on any atom is 0.223 e. The van der Waals surface area contributed by atoms with Crippen LogP contribution >= 0.6 is 23.2 Å². The second kappa shape index (κ2) is 9.09. The summed E-state index contributed by atoms with van der Waals surface area (Å²) in [6.45, 7) is 1.99. The first kappa shape index (κ1) is 20.9. The Morgan fingerprint density at radius 3 is 2.56 bits per heavy atom. The van der Waals surface area contributed by atoms with Crippen molar-refractivity contribution in [3.05, 3.63) is 33.8 Å². The first-order valence-corrected chi connectivity index (χ1v) is 11.5. The fourth-order valence-corrected chi connectivity index (χ4v) is 5.36. The molecule has 9 heteroatoms. The van der Waals surface area contributed by atoms with Crippen LogP contribution < -0.4 is 5.32 Å². The zero-order chi connectivity index (χ0) is 19.4. The molecular weight excluding hydrogens is 411 g/mol. The Balaban J connectivity index is 1.49. The van der Waals surface area contributed by atoms with Gasteiger partial charge in [-0.1, -0.05) is 29.3 Å². The average Bonchev–Trinajstić information content (AvgIpc) is 3.16. The molecule has 0 radical (unpaired) electrons. The van der Waals surface area contributed by atoms with Crippen LogP contribution in [-0.2, 0) is 25.3 Å². The number of amides is 1. The highest BCUT2D eigenvalue weighted by atomic mass is 35.5. The first-order chi connectivity index (χ1) is 12.8. The Morgan fingerprint density at radius 2 is 1.93 bits per heavy atom. The molecule has 1 aromatic carbocycles. The molecule has 150 valence electrons. The van der Waals surface area contributed by atoms with Gasteiger partial charge in [0.15, 0.2) is 0 Å². The average molecular weight is 435 g/mol. The van der Waals surface area contributed by atoms with E-state index in [0.29, 0.717) is 48.1 Å². The number of carbonyl (C=O) groups excluding carboxylic acids is 1. The summed E-state index contributed by atoms with van der Waals surface area (Å²) in [5.74, 6) is -0.283. The van der Waals surface area contributed by atoms with E-state index in [1.807, 2.05) is 0 Å². The van der Waals surface area contributed by atoms with E-state index in [9.17, 15) is 13.2 Å². The highest BCUT2D eigenvalue weighted by Crippen LogP contribution is 2.26. The van der Waals surface area contributed by atoms with Gasteiger partial charge in [-0.2, -0.15) is 0 Å². The van der Waals surface area contributed by atoms with E-state index < -0.39 is 10.0 Å². The van der Waals surface area contributed by atoms with Crippen molar-refractivity contribution in [1.82, 2.24) is 9.62 Å². The van der Waals surface area contributed by atoms with Gasteiger partial charge in [-0.3, -0.25) is 4.79 Å². The molecular formula is C18H24Cl2N2O4S. The fraction of sp³-hybridized carbons (Fsp3) is 0.611. The second-order valence-electron chi connectivity index (χ2n) is 7.06. The van der Waals surface area contributed by atoms with E-state index in [-0.39, 0.29) is 23.7 Å². The normalized spacial score (nSPS) is 22.1. The Bertz CT molecular complexity index is 774. The number of ether oxygens (including phenoxy) is 1. The van der Waals surface area contributed by atoms with Crippen LogP contribution in [0.15, 0.2) is 18.2 Å². The summed E-state index contributed by atoms with van der Waals surface area (Å²) in [6, 6.07) is 4.84. The minimum Gasteiger partial charge on any atom is -0.376 e. The zero-order valence-corrected chi connectivity index (χ0v) is 17.3. The molecule has 27 heavy (non-hydrogen) atoms. The Labute approximate surface area is 170 Å². The third kappa shape index (κ3) is 5.57. The van der Waals surface area contributed by atoms with Crippen molar-refractivity contribution in [3.8, 4) is 0 Å². The van der Waals surface area contributed by atoms with Crippen molar-refractivity contribution in [2.45, 2.75) is 37.5 Å². The van der Waals surface area contributed by atoms with Gasteiger partial charge < -0.3 is 10.1 Å². The summed E-state index contributed by atoms with van der Waals surface area (Å²) in [5, 5.41) is 3.68. The van der Waals surface area contributed by atoms with Gasteiger partial charge in [0.05, 0.1) is 21.9 Å². The quantitative estimate of drug-likeness (QED) is 0.746. The van der Waals surface area contributed by atoms with E-state index in [1.54, 1.807) is 18.2 Å². The summed E-state index contributed by atoms with van der Waals surface area (Å²) < 4.78 is 32.3. The van der Waals surface area contributed by atoms with Gasteiger partial charge in [0.2, 0.25) is 15.9 Å². The SMILES string of the molecule is O=C(NCC1CCCO1)C1CCN(S(=O)(=O)Cc2ccc(Cl)c(Cl)c2)CC1. The summed E-state index contributed by atoms with van der Waals surface area (Å²) >= 11 is 11.8. The molecule has 0 aromatic heterocycles. The van der Waals surface area contributed by atoms with Crippen molar-refractivity contribution in [3.63, 3.8) is 0 Å². The minimum absolute atomic E-state index is 0.00738. The standard InChI is InChI=1S/C18H24Cl2N2O4S/c19-16-4-3-13(10-17(16)20)12-27(24,25)22-7-5-14(6-8-22)18(23)21-11-15-2-1-9-26-15/h3-4,10,14-15H,1-2,5-9,11-12H2,(H,21,23). The molecule has 0 spiro atoms. The zero-order valence-electron chi connectivity index (χ0n) is 15.0. The van der Waals surface area contributed by atoms with E-state index >= 15 is 0 Å². The third-order valence-electron chi connectivity index (χ3n) is 5.08. The van der Waals surface area contributed by atoms with E-state index in [0.717, 1.165) is 19.4 Å². The number of benzene rings is 1. The summed E-state index contributed by atoms with van der Waals surface area (Å²) in [6.07, 6.45) is 3.18. The molecule has 2 aliphatic heterocycles. The highest BCUT2D eigenvalue weighted by Gasteiger charge is 2.31. The lowest BCUT2D eigenvalue weighted by molar-refractivity contribution is -0.126. The monoisotopic (exact) mass is 434 g/mol. The third-order valence-corrected chi connectivity index (χ3v) is 7.67. The van der Waals surface area contributed by atoms with Crippen molar-refractivity contribution in [2.75, 3.05) is 26.2 Å². The van der Waals surface area contributed by atoms with Crippen LogP contribution in [0.25, 0.3) is 0 Å². The molecule has 3 rings (SSSR count). The molecule has 2 saturated heterocycles. The number of sulfonamides is 1. The van der Waals surface area contributed by atoms with Gasteiger partial charge in [0.25, 0.3) is 0 Å². The molecule has 1 unspecified atom stereocenters. The van der Waals surface area contributed by atoms with Crippen LogP contribution in [0, 0.1) is 5.92 Å². The van der Waals surface area contributed by atoms with E-state index in [1.165, 1.54) is 4.31 Å². The van der Waals surface area contributed by atoms with Crippen molar-refractivity contribution in [1.29, 1.82) is 0 Å². The van der Waals surface area contributed by atoms with Crippen molar-refractivity contribution >= 4 is 39.1 Å². The number of hydrogen-bond donors (Lipinski definition) is 1. The molecule has 1 N–H and O–H groups in total. The number of hydrogen-bond acceptors (Lipinski definition) is 4. The molecule has 1 amide bonds. The van der Waals surface area contributed by atoms with Gasteiger partial charge in [-0.15, -0.1) is 0 Å². The molecule has 2 fully saturated rings. The number of nitrogens with one attached hydrogen (secondary N) is 1. The molecule has 0 saturated carbocycles. The van der Waals surface area contributed by atoms with Crippen LogP contribution in [0.5, 0.6) is 0 Å².